The summed E-state index contributed by atoms with van der Waals surface area (Å²) in [5.74, 6) is 0.643. The van der Waals surface area contributed by atoms with Crippen LogP contribution in [-0.4, -0.2) is 31.6 Å². The number of anilines is 1. The first-order chi connectivity index (χ1) is 9.63. The van der Waals surface area contributed by atoms with Crippen molar-refractivity contribution in [1.29, 1.82) is 0 Å². The van der Waals surface area contributed by atoms with Crippen LogP contribution in [0.3, 0.4) is 0 Å². The number of thioether (sulfide) groups is 1. The molecule has 0 spiro atoms. The molecule has 2 rings (SSSR count). The molecule has 0 unspecified atom stereocenters. The van der Waals surface area contributed by atoms with Gasteiger partial charge in [0.1, 0.15) is 6.33 Å². The first kappa shape index (κ1) is 14.4. The molecule has 106 valence electrons. The minimum Gasteiger partial charge on any atom is -0.478 e. The number of benzene rings is 1. The van der Waals surface area contributed by atoms with E-state index in [1.807, 2.05) is 26.1 Å². The van der Waals surface area contributed by atoms with Crippen LogP contribution in [0.15, 0.2) is 29.4 Å². The van der Waals surface area contributed by atoms with E-state index in [9.17, 15) is 9.90 Å². The molecule has 6 nitrogen and oxygen atoms in total. The fraction of sp³-hybridized carbons (Fsp3) is 0.308. The number of carbonyl (C=O) groups is 1. The van der Waals surface area contributed by atoms with Gasteiger partial charge in [-0.2, -0.15) is 0 Å². The van der Waals surface area contributed by atoms with Gasteiger partial charge in [-0.25, -0.2) is 4.79 Å². The van der Waals surface area contributed by atoms with Gasteiger partial charge in [0.2, 0.25) is 0 Å². The monoisotopic (exact) mass is 292 g/mol. The van der Waals surface area contributed by atoms with Gasteiger partial charge >= 0.3 is 5.97 Å². The molecule has 7 heteroatoms. The molecule has 0 saturated carbocycles. The Morgan fingerprint density at radius 1 is 1.50 bits per heavy atom. The average Bonchev–Trinajstić information content (AvgIpc) is 2.82. The van der Waals surface area contributed by atoms with Crippen molar-refractivity contribution in [2.24, 2.45) is 7.05 Å². The molecule has 1 heterocycles. The van der Waals surface area contributed by atoms with Gasteiger partial charge in [0.05, 0.1) is 17.8 Å². The Kier molecular flexibility index (Phi) is 4.62. The van der Waals surface area contributed by atoms with Crippen LogP contribution >= 0.6 is 11.8 Å². The Morgan fingerprint density at radius 2 is 2.30 bits per heavy atom. The molecule has 20 heavy (non-hydrogen) atoms. The van der Waals surface area contributed by atoms with Gasteiger partial charge in [0, 0.05) is 11.9 Å². The Balaban J connectivity index is 2.24. The maximum atomic E-state index is 11.5. The highest BCUT2D eigenvalue weighted by atomic mass is 32.2. The molecule has 1 aromatic carbocycles. The lowest BCUT2D eigenvalue weighted by Gasteiger charge is -2.12. The van der Waals surface area contributed by atoms with E-state index in [0.717, 1.165) is 16.5 Å². The number of aryl methyl sites for hydroxylation is 1. The van der Waals surface area contributed by atoms with Crippen LogP contribution in [0.25, 0.3) is 0 Å². The summed E-state index contributed by atoms with van der Waals surface area (Å²) in [6, 6.07) is 5.44. The van der Waals surface area contributed by atoms with Crippen molar-refractivity contribution in [3.8, 4) is 0 Å². The van der Waals surface area contributed by atoms with Gasteiger partial charge in [0.15, 0.2) is 5.82 Å². The number of rotatable bonds is 6. The highest BCUT2D eigenvalue weighted by molar-refractivity contribution is 7.99. The number of carboxylic acid groups (broad SMARTS) is 1. The normalized spacial score (nSPS) is 10.5. The minimum atomic E-state index is -0.929. The van der Waals surface area contributed by atoms with E-state index in [1.54, 1.807) is 17.0 Å². The zero-order chi connectivity index (χ0) is 14.5. The quantitative estimate of drug-likeness (QED) is 0.795. The summed E-state index contributed by atoms with van der Waals surface area (Å²) in [4.78, 5) is 12.2. The average molecular weight is 292 g/mol. The van der Waals surface area contributed by atoms with E-state index in [4.69, 9.17) is 0 Å². The lowest BCUT2D eigenvalue weighted by molar-refractivity contribution is 0.0694. The van der Waals surface area contributed by atoms with Crippen molar-refractivity contribution in [2.45, 2.75) is 18.4 Å². The number of hydrogen-bond acceptors (Lipinski definition) is 5. The lowest BCUT2D eigenvalue weighted by atomic mass is 10.1. The Bertz CT molecular complexity index is 612. The van der Waals surface area contributed by atoms with Crippen molar-refractivity contribution in [3.63, 3.8) is 0 Å². The molecule has 0 aliphatic carbocycles. The van der Waals surface area contributed by atoms with Crippen LogP contribution in [0.1, 0.15) is 23.1 Å². The molecule has 0 aliphatic heterocycles. The van der Waals surface area contributed by atoms with Crippen LogP contribution in [0.4, 0.5) is 5.69 Å². The highest BCUT2D eigenvalue weighted by Crippen LogP contribution is 2.28. The van der Waals surface area contributed by atoms with Gasteiger partial charge in [0.25, 0.3) is 0 Å². The second-order valence-electron chi connectivity index (χ2n) is 4.13. The van der Waals surface area contributed by atoms with Crippen molar-refractivity contribution in [3.05, 3.63) is 35.9 Å². The summed E-state index contributed by atoms with van der Waals surface area (Å²) in [6.07, 6.45) is 1.61. The first-order valence-electron chi connectivity index (χ1n) is 6.19. The highest BCUT2D eigenvalue weighted by Gasteiger charge is 2.15. The number of nitrogens with one attached hydrogen (secondary N) is 1. The Hall–Kier alpha value is -2.02. The predicted octanol–water partition coefficient (Wildman–Crippen LogP) is 2.24. The Morgan fingerprint density at radius 3 is 2.90 bits per heavy atom. The number of carboxylic acids is 1. The first-order valence-corrected chi connectivity index (χ1v) is 7.18. The third kappa shape index (κ3) is 3.11. The molecule has 1 aromatic heterocycles. The fourth-order valence-corrected chi connectivity index (χ4v) is 2.64. The second-order valence-corrected chi connectivity index (χ2v) is 5.43. The van der Waals surface area contributed by atoms with Gasteiger partial charge in [-0.05, 0) is 17.9 Å². The van der Waals surface area contributed by atoms with Gasteiger partial charge < -0.3 is 15.0 Å². The Labute approximate surface area is 121 Å². The summed E-state index contributed by atoms with van der Waals surface area (Å²) in [7, 11) is 1.85. The van der Waals surface area contributed by atoms with Crippen molar-refractivity contribution in [2.75, 3.05) is 11.1 Å². The molecule has 0 bridgehead atoms. The largest absolute Gasteiger partial charge is 0.478 e. The number of aromatic carboxylic acids is 1. The van der Waals surface area contributed by atoms with Crippen LogP contribution in [-0.2, 0) is 13.6 Å². The molecule has 0 atom stereocenters. The molecule has 0 aliphatic rings. The fourth-order valence-electron chi connectivity index (χ4n) is 1.82. The zero-order valence-corrected chi connectivity index (χ0v) is 12.1. The topological polar surface area (TPSA) is 80.0 Å². The summed E-state index contributed by atoms with van der Waals surface area (Å²) < 4.78 is 1.79. The van der Waals surface area contributed by atoms with E-state index < -0.39 is 5.97 Å². The lowest BCUT2D eigenvalue weighted by Crippen LogP contribution is -2.10. The van der Waals surface area contributed by atoms with Crippen molar-refractivity contribution >= 4 is 23.4 Å². The van der Waals surface area contributed by atoms with Crippen molar-refractivity contribution < 1.29 is 9.90 Å². The number of hydrogen-bond donors (Lipinski definition) is 2. The molecular formula is C13H16N4O2S. The SMILES string of the molecule is CCSc1cccc(NCc2nncn2C)c1C(=O)O. The maximum Gasteiger partial charge on any atom is 0.338 e. The van der Waals surface area contributed by atoms with Crippen LogP contribution < -0.4 is 5.32 Å². The van der Waals surface area contributed by atoms with E-state index in [-0.39, 0.29) is 0 Å². The van der Waals surface area contributed by atoms with E-state index in [0.29, 0.717) is 17.8 Å². The molecule has 0 amide bonds. The van der Waals surface area contributed by atoms with E-state index >= 15 is 0 Å². The molecule has 0 radical (unpaired) electrons. The zero-order valence-electron chi connectivity index (χ0n) is 11.3. The van der Waals surface area contributed by atoms with Crippen LogP contribution in [0.2, 0.25) is 0 Å². The van der Waals surface area contributed by atoms with Gasteiger partial charge in [-0.15, -0.1) is 22.0 Å². The summed E-state index contributed by atoms with van der Waals surface area (Å²) >= 11 is 1.52. The summed E-state index contributed by atoms with van der Waals surface area (Å²) in [5.41, 5.74) is 0.903. The molecule has 0 saturated heterocycles. The van der Waals surface area contributed by atoms with E-state index in [1.165, 1.54) is 11.8 Å². The maximum absolute atomic E-state index is 11.5. The van der Waals surface area contributed by atoms with Gasteiger partial charge in [-0.3, -0.25) is 0 Å². The molecule has 2 N–H and O–H groups in total. The van der Waals surface area contributed by atoms with Crippen LogP contribution in [0.5, 0.6) is 0 Å². The van der Waals surface area contributed by atoms with Gasteiger partial charge in [-0.1, -0.05) is 13.0 Å². The third-order valence-electron chi connectivity index (χ3n) is 2.78. The smallest absolute Gasteiger partial charge is 0.338 e. The predicted molar refractivity (Wildman–Crippen MR) is 78.1 cm³/mol. The minimum absolute atomic E-state index is 0.307. The molecule has 2 aromatic rings. The standard InChI is InChI=1S/C13H16N4O2S/c1-3-20-10-6-4-5-9(12(10)13(18)19)14-7-11-16-15-8-17(11)2/h4-6,8,14H,3,7H2,1-2H3,(H,18,19). The second kappa shape index (κ2) is 6.42. The van der Waals surface area contributed by atoms with E-state index in [2.05, 4.69) is 15.5 Å². The van der Waals surface area contributed by atoms with Crippen molar-refractivity contribution in [1.82, 2.24) is 14.8 Å². The number of aromatic nitrogens is 3. The number of nitrogens with zero attached hydrogens (tertiary/aromatic N) is 3. The summed E-state index contributed by atoms with van der Waals surface area (Å²) in [6.45, 7) is 2.42. The van der Waals surface area contributed by atoms with Crippen LogP contribution in [0, 0.1) is 0 Å². The summed E-state index contributed by atoms with van der Waals surface area (Å²) in [5, 5.41) is 20.3. The molecular weight excluding hydrogens is 276 g/mol. The third-order valence-corrected chi connectivity index (χ3v) is 3.72. The molecule has 0 fully saturated rings.